The van der Waals surface area contributed by atoms with E-state index in [1.165, 1.54) is 42.8 Å². The quantitative estimate of drug-likeness (QED) is 0.430. The van der Waals surface area contributed by atoms with Crippen molar-refractivity contribution in [1.82, 2.24) is 0 Å². The van der Waals surface area contributed by atoms with Crippen LogP contribution in [0.5, 0.6) is 0 Å². The summed E-state index contributed by atoms with van der Waals surface area (Å²) < 4.78 is 0. The molecule has 0 spiro atoms. The molecule has 0 aliphatic rings. The standard InChI is InChI=1S/C14H20ClS/c1-2-3-4-5-6-7-12-16-14-10-8-13(15)9-11-14/h8-11H,1-7,12H2. The molecule has 0 saturated carbocycles. The van der Waals surface area contributed by atoms with Gasteiger partial charge in [0.25, 0.3) is 0 Å². The number of thioether (sulfide) groups is 1. The molecule has 1 aromatic carbocycles. The third-order valence-corrected chi connectivity index (χ3v) is 3.83. The summed E-state index contributed by atoms with van der Waals surface area (Å²) in [6, 6.07) is 8.10. The molecule has 1 rings (SSSR count). The van der Waals surface area contributed by atoms with E-state index in [9.17, 15) is 0 Å². The van der Waals surface area contributed by atoms with Gasteiger partial charge in [-0.3, -0.25) is 0 Å². The zero-order valence-corrected chi connectivity index (χ0v) is 11.3. The summed E-state index contributed by atoms with van der Waals surface area (Å²) in [6.07, 6.45) is 7.72. The smallest absolute Gasteiger partial charge is 0.0406 e. The van der Waals surface area contributed by atoms with Crippen molar-refractivity contribution in [2.75, 3.05) is 5.75 Å². The van der Waals surface area contributed by atoms with Crippen molar-refractivity contribution in [2.45, 2.75) is 43.4 Å². The van der Waals surface area contributed by atoms with E-state index >= 15 is 0 Å². The number of unbranched alkanes of at least 4 members (excludes halogenated alkanes) is 5. The summed E-state index contributed by atoms with van der Waals surface area (Å²) in [5.74, 6) is 1.21. The van der Waals surface area contributed by atoms with Gasteiger partial charge in [-0.25, -0.2) is 0 Å². The van der Waals surface area contributed by atoms with Crippen molar-refractivity contribution >= 4 is 23.4 Å². The first kappa shape index (κ1) is 13.9. The summed E-state index contributed by atoms with van der Waals surface area (Å²) in [5.41, 5.74) is 0. The van der Waals surface area contributed by atoms with Gasteiger partial charge in [0.2, 0.25) is 0 Å². The van der Waals surface area contributed by atoms with E-state index in [2.05, 4.69) is 19.1 Å². The molecule has 0 saturated heterocycles. The van der Waals surface area contributed by atoms with Crippen LogP contribution >= 0.6 is 23.4 Å². The van der Waals surface area contributed by atoms with Crippen LogP contribution in [0.3, 0.4) is 0 Å². The summed E-state index contributed by atoms with van der Waals surface area (Å²) in [5, 5.41) is 0.817. The summed E-state index contributed by atoms with van der Waals surface area (Å²) in [7, 11) is 0. The first-order chi connectivity index (χ1) is 7.83. The lowest BCUT2D eigenvalue weighted by atomic mass is 10.1. The Hall–Kier alpha value is -0.140. The first-order valence-corrected chi connectivity index (χ1v) is 7.37. The average molecular weight is 256 g/mol. The molecule has 0 bridgehead atoms. The Morgan fingerprint density at radius 1 is 0.938 bits per heavy atom. The van der Waals surface area contributed by atoms with Gasteiger partial charge in [0.05, 0.1) is 0 Å². The van der Waals surface area contributed by atoms with Crippen LogP contribution in [0.2, 0.25) is 5.02 Å². The third-order valence-electron chi connectivity index (χ3n) is 2.48. The second kappa shape index (κ2) is 8.95. The summed E-state index contributed by atoms with van der Waals surface area (Å²) in [6.45, 7) is 3.85. The lowest BCUT2D eigenvalue weighted by Crippen LogP contribution is -1.82. The molecule has 0 heterocycles. The Balaban J connectivity index is 2.01. The van der Waals surface area contributed by atoms with Crippen LogP contribution in [0.1, 0.15) is 38.5 Å². The molecule has 0 unspecified atom stereocenters. The molecule has 0 atom stereocenters. The van der Waals surface area contributed by atoms with Gasteiger partial charge in [0.15, 0.2) is 0 Å². The highest BCUT2D eigenvalue weighted by atomic mass is 35.5. The maximum absolute atomic E-state index is 5.83. The molecule has 0 N–H and O–H groups in total. The van der Waals surface area contributed by atoms with E-state index in [-0.39, 0.29) is 0 Å². The molecule has 89 valence electrons. The van der Waals surface area contributed by atoms with Gasteiger partial charge in [0.1, 0.15) is 0 Å². The number of hydrogen-bond donors (Lipinski definition) is 0. The van der Waals surface area contributed by atoms with Crippen molar-refractivity contribution in [3.8, 4) is 0 Å². The van der Waals surface area contributed by atoms with Crippen molar-refractivity contribution in [3.05, 3.63) is 36.2 Å². The van der Waals surface area contributed by atoms with Gasteiger partial charge in [-0.2, -0.15) is 0 Å². The Morgan fingerprint density at radius 3 is 2.25 bits per heavy atom. The fourth-order valence-electron chi connectivity index (χ4n) is 1.53. The number of halogens is 1. The Kier molecular flexibility index (Phi) is 7.79. The van der Waals surface area contributed by atoms with E-state index in [0.717, 1.165) is 11.4 Å². The SMILES string of the molecule is [CH2]CCCCCCCSc1ccc(Cl)cc1. The van der Waals surface area contributed by atoms with Crippen molar-refractivity contribution < 1.29 is 0 Å². The molecule has 2 heteroatoms. The summed E-state index contributed by atoms with van der Waals surface area (Å²) in [4.78, 5) is 1.32. The molecule has 0 nitrogen and oxygen atoms in total. The van der Waals surface area contributed by atoms with Gasteiger partial charge >= 0.3 is 0 Å². The molecular weight excluding hydrogens is 236 g/mol. The second-order valence-electron chi connectivity index (χ2n) is 3.92. The molecule has 0 aliphatic heterocycles. The summed E-state index contributed by atoms with van der Waals surface area (Å²) >= 11 is 7.75. The molecule has 0 aromatic heterocycles. The fraction of sp³-hybridized carbons (Fsp3) is 0.500. The van der Waals surface area contributed by atoms with E-state index < -0.39 is 0 Å². The van der Waals surface area contributed by atoms with E-state index in [0.29, 0.717) is 0 Å². The highest BCUT2D eigenvalue weighted by Gasteiger charge is 1.94. The van der Waals surface area contributed by atoms with Crippen LogP contribution < -0.4 is 0 Å². The zero-order valence-electron chi connectivity index (χ0n) is 9.75. The molecular formula is C14H20ClS. The highest BCUT2D eigenvalue weighted by Crippen LogP contribution is 2.21. The van der Waals surface area contributed by atoms with Crippen molar-refractivity contribution in [1.29, 1.82) is 0 Å². The van der Waals surface area contributed by atoms with Gasteiger partial charge in [0, 0.05) is 9.92 Å². The molecule has 1 aromatic rings. The van der Waals surface area contributed by atoms with Crippen LogP contribution in [0.25, 0.3) is 0 Å². The van der Waals surface area contributed by atoms with Crippen LogP contribution in [0, 0.1) is 6.92 Å². The van der Waals surface area contributed by atoms with Gasteiger partial charge in [-0.15, -0.1) is 11.8 Å². The molecule has 0 amide bonds. The van der Waals surface area contributed by atoms with Crippen LogP contribution in [0.4, 0.5) is 0 Å². The monoisotopic (exact) mass is 255 g/mol. The minimum Gasteiger partial charge on any atom is -0.126 e. The van der Waals surface area contributed by atoms with E-state index in [1.807, 2.05) is 23.9 Å². The second-order valence-corrected chi connectivity index (χ2v) is 5.53. The largest absolute Gasteiger partial charge is 0.126 e. The maximum Gasteiger partial charge on any atom is 0.0406 e. The minimum atomic E-state index is 0.817. The van der Waals surface area contributed by atoms with Crippen LogP contribution in [-0.2, 0) is 0 Å². The van der Waals surface area contributed by atoms with Crippen molar-refractivity contribution in [2.24, 2.45) is 0 Å². The van der Waals surface area contributed by atoms with Crippen LogP contribution in [-0.4, -0.2) is 5.75 Å². The lowest BCUT2D eigenvalue weighted by Gasteiger charge is -2.02. The minimum absolute atomic E-state index is 0.817. The normalized spacial score (nSPS) is 10.6. The lowest BCUT2D eigenvalue weighted by molar-refractivity contribution is 0.639. The Labute approximate surface area is 109 Å². The number of benzene rings is 1. The topological polar surface area (TPSA) is 0 Å². The van der Waals surface area contributed by atoms with Gasteiger partial charge in [-0.05, 0) is 36.4 Å². The zero-order chi connectivity index (χ0) is 11.6. The van der Waals surface area contributed by atoms with Gasteiger partial charge < -0.3 is 0 Å². The predicted octanol–water partition coefficient (Wildman–Crippen LogP) is 5.61. The van der Waals surface area contributed by atoms with E-state index in [1.54, 1.807) is 0 Å². The molecule has 16 heavy (non-hydrogen) atoms. The van der Waals surface area contributed by atoms with Crippen LogP contribution in [0.15, 0.2) is 29.2 Å². The highest BCUT2D eigenvalue weighted by molar-refractivity contribution is 7.99. The van der Waals surface area contributed by atoms with Gasteiger partial charge in [-0.1, -0.05) is 50.6 Å². The van der Waals surface area contributed by atoms with E-state index in [4.69, 9.17) is 11.6 Å². The Bertz CT molecular complexity index is 269. The number of rotatable bonds is 8. The molecule has 0 fully saturated rings. The Morgan fingerprint density at radius 2 is 1.56 bits per heavy atom. The molecule has 1 radical (unpaired) electrons. The fourth-order valence-corrected chi connectivity index (χ4v) is 2.57. The molecule has 0 aliphatic carbocycles. The third kappa shape index (κ3) is 6.44. The first-order valence-electron chi connectivity index (χ1n) is 6.00. The van der Waals surface area contributed by atoms with Crippen molar-refractivity contribution in [3.63, 3.8) is 0 Å². The maximum atomic E-state index is 5.83. The number of hydrogen-bond acceptors (Lipinski definition) is 1. The average Bonchev–Trinajstić information content (AvgIpc) is 2.30. The predicted molar refractivity (Wildman–Crippen MR) is 75.2 cm³/mol.